The molecule has 0 bridgehead atoms. The summed E-state index contributed by atoms with van der Waals surface area (Å²) in [5, 5.41) is 2.75. The third-order valence-corrected chi connectivity index (χ3v) is 6.16. The quantitative estimate of drug-likeness (QED) is 0.614. The highest BCUT2D eigenvalue weighted by molar-refractivity contribution is 6.34. The predicted octanol–water partition coefficient (Wildman–Crippen LogP) is 2.79. The van der Waals surface area contributed by atoms with Crippen molar-refractivity contribution in [2.75, 3.05) is 71.3 Å². The number of H-pyrrole nitrogens is 1. The maximum atomic E-state index is 13.8. The van der Waals surface area contributed by atoms with Gasteiger partial charge in [-0.1, -0.05) is 0 Å². The van der Waals surface area contributed by atoms with Crippen LogP contribution in [0, 0.1) is 19.7 Å². The summed E-state index contributed by atoms with van der Waals surface area (Å²) in [4.78, 5) is 31.1. The van der Waals surface area contributed by atoms with Gasteiger partial charge in [-0.2, -0.15) is 0 Å². The van der Waals surface area contributed by atoms with Gasteiger partial charge in [-0.3, -0.25) is 9.59 Å². The van der Waals surface area contributed by atoms with E-state index in [1.165, 1.54) is 18.2 Å². The minimum Gasteiger partial charge on any atom is -0.377 e. The molecule has 2 amide bonds. The number of fused-ring (bicyclic) bond motifs is 1. The number of hydrogen-bond donors (Lipinski definition) is 2. The fraction of sp³-hybridized carbons (Fsp3) is 0.462. The molecule has 0 aliphatic carbocycles. The molecule has 2 aliphatic heterocycles. The lowest BCUT2D eigenvalue weighted by molar-refractivity contribution is -0.110. The molecule has 1 saturated heterocycles. The van der Waals surface area contributed by atoms with Crippen LogP contribution in [-0.2, 0) is 23.7 Å². The molecular weight excluding hydrogens is 469 g/mol. The van der Waals surface area contributed by atoms with Gasteiger partial charge in [0.15, 0.2) is 0 Å². The van der Waals surface area contributed by atoms with Gasteiger partial charge in [0.1, 0.15) is 5.82 Å². The molecule has 0 atom stereocenters. The SMILES string of the molecule is Cc1[nH]c(/C=C2\C(=O)Nc3ccc(F)cc32)c(C)c1C(=O)N1CCOCCOCCOCCOCC1. The van der Waals surface area contributed by atoms with Crippen molar-refractivity contribution in [1.82, 2.24) is 9.88 Å². The van der Waals surface area contributed by atoms with Crippen LogP contribution in [-0.4, -0.2) is 87.6 Å². The van der Waals surface area contributed by atoms with E-state index in [2.05, 4.69) is 10.3 Å². The van der Waals surface area contributed by atoms with Crippen LogP contribution in [0.4, 0.5) is 10.1 Å². The van der Waals surface area contributed by atoms with E-state index in [1.807, 2.05) is 13.8 Å². The van der Waals surface area contributed by atoms with E-state index in [9.17, 15) is 14.0 Å². The first kappa shape index (κ1) is 26.0. The molecule has 36 heavy (non-hydrogen) atoms. The van der Waals surface area contributed by atoms with Crippen LogP contribution in [0.25, 0.3) is 11.6 Å². The molecule has 2 N–H and O–H groups in total. The number of aromatic amines is 1. The second-order valence-corrected chi connectivity index (χ2v) is 8.61. The second kappa shape index (κ2) is 12.3. The summed E-state index contributed by atoms with van der Waals surface area (Å²) in [7, 11) is 0. The summed E-state index contributed by atoms with van der Waals surface area (Å²) < 4.78 is 36.0. The standard InChI is InChI=1S/C26H32FN3O6/c1-17-23(16-21-20-15-19(27)3-4-22(20)29-25(21)31)28-18(2)24(17)26(32)30-5-7-33-9-11-35-13-14-36-12-10-34-8-6-30/h3-4,15-16,28H,5-14H2,1-2H3,(H,29,31)/b21-16-. The number of rotatable bonds is 2. The van der Waals surface area contributed by atoms with Crippen LogP contribution in [0.2, 0.25) is 0 Å². The normalized spacial score (nSPS) is 19.5. The Morgan fingerprint density at radius 2 is 1.53 bits per heavy atom. The van der Waals surface area contributed by atoms with Gasteiger partial charge in [0.05, 0.1) is 64.0 Å². The molecule has 0 unspecified atom stereocenters. The molecule has 2 aromatic rings. The smallest absolute Gasteiger partial charge is 0.256 e. The zero-order chi connectivity index (χ0) is 25.5. The van der Waals surface area contributed by atoms with E-state index in [1.54, 1.807) is 11.0 Å². The summed E-state index contributed by atoms with van der Waals surface area (Å²) in [5.41, 5.74) is 3.94. The number of nitrogens with zero attached hydrogens (tertiary/aromatic N) is 1. The number of amides is 2. The molecule has 0 spiro atoms. The molecule has 0 saturated carbocycles. The average Bonchev–Trinajstić information content (AvgIpc) is 3.30. The van der Waals surface area contributed by atoms with Crippen molar-refractivity contribution in [3.8, 4) is 0 Å². The topological polar surface area (TPSA) is 102 Å². The maximum absolute atomic E-state index is 13.8. The Kier molecular flexibility index (Phi) is 8.87. The Balaban J connectivity index is 1.53. The molecule has 194 valence electrons. The molecule has 1 fully saturated rings. The highest BCUT2D eigenvalue weighted by atomic mass is 19.1. The van der Waals surface area contributed by atoms with Crippen molar-refractivity contribution in [2.45, 2.75) is 13.8 Å². The van der Waals surface area contributed by atoms with Crippen molar-refractivity contribution in [3.05, 3.63) is 52.1 Å². The fourth-order valence-corrected chi connectivity index (χ4v) is 4.27. The zero-order valence-electron chi connectivity index (χ0n) is 20.7. The Morgan fingerprint density at radius 3 is 2.14 bits per heavy atom. The molecular formula is C26H32FN3O6. The van der Waals surface area contributed by atoms with Crippen LogP contribution in [0.1, 0.15) is 32.9 Å². The Bertz CT molecular complexity index is 1110. The van der Waals surface area contributed by atoms with Crippen LogP contribution < -0.4 is 5.32 Å². The van der Waals surface area contributed by atoms with Crippen molar-refractivity contribution in [1.29, 1.82) is 0 Å². The van der Waals surface area contributed by atoms with Crippen molar-refractivity contribution >= 4 is 29.2 Å². The highest BCUT2D eigenvalue weighted by Crippen LogP contribution is 2.34. The number of aryl methyl sites for hydroxylation is 1. The maximum Gasteiger partial charge on any atom is 0.256 e. The number of nitrogens with one attached hydrogen (secondary N) is 2. The van der Waals surface area contributed by atoms with E-state index < -0.39 is 5.82 Å². The minimum absolute atomic E-state index is 0.155. The largest absolute Gasteiger partial charge is 0.377 e. The van der Waals surface area contributed by atoms with E-state index >= 15 is 0 Å². The molecule has 1 aromatic heterocycles. The van der Waals surface area contributed by atoms with Crippen LogP contribution >= 0.6 is 0 Å². The molecule has 0 radical (unpaired) electrons. The number of hydrogen-bond acceptors (Lipinski definition) is 6. The Labute approximate surface area is 209 Å². The summed E-state index contributed by atoms with van der Waals surface area (Å²) in [6, 6.07) is 4.17. The predicted molar refractivity (Wildman–Crippen MR) is 132 cm³/mol. The summed E-state index contributed by atoms with van der Waals surface area (Å²) in [5.74, 6) is -0.897. The van der Waals surface area contributed by atoms with Gasteiger partial charge in [0.25, 0.3) is 11.8 Å². The first-order valence-electron chi connectivity index (χ1n) is 12.1. The lowest BCUT2D eigenvalue weighted by Gasteiger charge is -2.23. The number of aromatic nitrogens is 1. The molecule has 4 rings (SSSR count). The summed E-state index contributed by atoms with van der Waals surface area (Å²) >= 11 is 0. The van der Waals surface area contributed by atoms with Gasteiger partial charge in [-0.25, -0.2) is 4.39 Å². The number of carbonyl (C=O) groups is 2. The van der Waals surface area contributed by atoms with Gasteiger partial charge in [0.2, 0.25) is 0 Å². The monoisotopic (exact) mass is 501 g/mol. The van der Waals surface area contributed by atoms with Crippen molar-refractivity contribution in [2.24, 2.45) is 0 Å². The number of ether oxygens (including phenoxy) is 4. The van der Waals surface area contributed by atoms with Gasteiger partial charge < -0.3 is 34.1 Å². The van der Waals surface area contributed by atoms with Gasteiger partial charge in [-0.05, 0) is 43.7 Å². The van der Waals surface area contributed by atoms with Gasteiger partial charge in [0, 0.05) is 35.7 Å². The van der Waals surface area contributed by atoms with Crippen molar-refractivity contribution < 1.29 is 32.9 Å². The third-order valence-electron chi connectivity index (χ3n) is 6.16. The van der Waals surface area contributed by atoms with Crippen LogP contribution in [0.15, 0.2) is 18.2 Å². The van der Waals surface area contributed by atoms with Gasteiger partial charge in [-0.15, -0.1) is 0 Å². The van der Waals surface area contributed by atoms with Gasteiger partial charge >= 0.3 is 0 Å². The number of anilines is 1. The van der Waals surface area contributed by atoms with E-state index in [0.29, 0.717) is 105 Å². The van der Waals surface area contributed by atoms with E-state index in [4.69, 9.17) is 18.9 Å². The molecule has 9 nitrogen and oxygen atoms in total. The van der Waals surface area contributed by atoms with E-state index in [0.717, 1.165) is 0 Å². The average molecular weight is 502 g/mol. The van der Waals surface area contributed by atoms with Crippen molar-refractivity contribution in [3.63, 3.8) is 0 Å². The zero-order valence-corrected chi connectivity index (χ0v) is 20.7. The molecule has 2 aliphatic rings. The fourth-order valence-electron chi connectivity index (χ4n) is 4.27. The Hall–Kier alpha value is -3.05. The molecule has 1 aromatic carbocycles. The third kappa shape index (κ3) is 6.19. The first-order chi connectivity index (χ1) is 17.5. The number of halogens is 1. The lowest BCUT2D eigenvalue weighted by Crippen LogP contribution is -2.37. The van der Waals surface area contributed by atoms with E-state index in [-0.39, 0.29) is 11.8 Å². The molecule has 10 heteroatoms. The minimum atomic E-state index is -0.425. The first-order valence-corrected chi connectivity index (χ1v) is 12.1. The number of benzene rings is 1. The molecule has 3 heterocycles. The van der Waals surface area contributed by atoms with Crippen LogP contribution in [0.5, 0.6) is 0 Å². The highest BCUT2D eigenvalue weighted by Gasteiger charge is 2.27. The second-order valence-electron chi connectivity index (χ2n) is 8.61. The lowest BCUT2D eigenvalue weighted by atomic mass is 10.0. The Morgan fingerprint density at radius 1 is 0.944 bits per heavy atom. The summed E-state index contributed by atoms with van der Waals surface area (Å²) in [6.07, 6.45) is 1.66. The van der Waals surface area contributed by atoms with Crippen LogP contribution in [0.3, 0.4) is 0 Å². The summed E-state index contributed by atoms with van der Waals surface area (Å²) in [6.45, 7) is 7.97. The number of carbonyl (C=O) groups excluding carboxylic acids is 2.